The van der Waals surface area contributed by atoms with Crippen molar-refractivity contribution >= 4 is 11.2 Å². The van der Waals surface area contributed by atoms with Gasteiger partial charge < -0.3 is 4.98 Å². The van der Waals surface area contributed by atoms with Gasteiger partial charge in [-0.3, -0.25) is 9.36 Å². The number of fused-ring (bicyclic) bond motifs is 1. The maximum absolute atomic E-state index is 12.4. The second kappa shape index (κ2) is 3.56. The third kappa shape index (κ3) is 1.87. The lowest BCUT2D eigenvalue weighted by Crippen LogP contribution is -2.21. The van der Waals surface area contributed by atoms with Gasteiger partial charge in [0, 0.05) is 6.54 Å². The smallest absolute Gasteiger partial charge is 0.328 e. The predicted molar refractivity (Wildman–Crippen MR) is 55.9 cm³/mol. The molecule has 1 N–H and O–H groups in total. The van der Waals surface area contributed by atoms with Crippen molar-refractivity contribution in [2.24, 2.45) is 5.92 Å². The van der Waals surface area contributed by atoms with Gasteiger partial charge in [0.15, 0.2) is 11.2 Å². The Hall–Kier alpha value is -1.86. The molecule has 1 aliphatic rings. The lowest BCUT2D eigenvalue weighted by atomic mass is 10.4. The Bertz CT molecular complexity index is 653. The number of nitrogens with one attached hydrogen (secondary N) is 1. The molecule has 2 heterocycles. The average Bonchev–Trinajstić information content (AvgIpc) is 2.96. The van der Waals surface area contributed by atoms with Crippen LogP contribution < -0.4 is 5.56 Å². The van der Waals surface area contributed by atoms with Gasteiger partial charge >= 0.3 is 6.18 Å². The molecule has 0 amide bonds. The molecule has 1 aliphatic carbocycles. The first kappa shape index (κ1) is 11.2. The first-order chi connectivity index (χ1) is 8.45. The summed E-state index contributed by atoms with van der Waals surface area (Å²) in [6, 6.07) is 0. The summed E-state index contributed by atoms with van der Waals surface area (Å²) in [4.78, 5) is 21.0. The predicted octanol–water partition coefficient (Wildman–Crippen LogP) is 1.55. The summed E-state index contributed by atoms with van der Waals surface area (Å²) < 4.78 is 38.7. The third-order valence-corrected chi connectivity index (χ3v) is 2.90. The summed E-state index contributed by atoms with van der Waals surface area (Å²) >= 11 is 0. The molecule has 0 spiro atoms. The number of halogens is 3. The highest BCUT2D eigenvalue weighted by Gasteiger charge is 2.35. The van der Waals surface area contributed by atoms with Gasteiger partial charge in [0.2, 0.25) is 5.82 Å². The number of H-pyrrole nitrogens is 1. The maximum atomic E-state index is 12.4. The zero-order valence-electron chi connectivity index (χ0n) is 9.16. The topological polar surface area (TPSA) is 63.6 Å². The van der Waals surface area contributed by atoms with E-state index in [1.807, 2.05) is 4.98 Å². The van der Waals surface area contributed by atoms with Crippen LogP contribution in [0, 0.1) is 5.92 Å². The van der Waals surface area contributed by atoms with Gasteiger partial charge in [-0.2, -0.15) is 13.2 Å². The molecule has 1 saturated carbocycles. The third-order valence-electron chi connectivity index (χ3n) is 2.90. The van der Waals surface area contributed by atoms with Crippen molar-refractivity contribution in [2.45, 2.75) is 25.6 Å². The van der Waals surface area contributed by atoms with E-state index in [1.54, 1.807) is 0 Å². The van der Waals surface area contributed by atoms with E-state index in [0.29, 0.717) is 12.5 Å². The quantitative estimate of drug-likeness (QED) is 0.888. The Kier molecular flexibility index (Phi) is 2.23. The Morgan fingerprint density at radius 1 is 1.44 bits per heavy atom. The molecule has 5 nitrogen and oxygen atoms in total. The van der Waals surface area contributed by atoms with E-state index < -0.39 is 17.6 Å². The molecule has 0 atom stereocenters. The van der Waals surface area contributed by atoms with Crippen molar-refractivity contribution < 1.29 is 13.2 Å². The Balaban J connectivity index is 2.10. The largest absolute Gasteiger partial charge is 0.449 e. The fourth-order valence-electron chi connectivity index (χ4n) is 1.77. The highest BCUT2D eigenvalue weighted by molar-refractivity contribution is 5.68. The normalized spacial score (nSPS) is 16.4. The number of hydrogen-bond donors (Lipinski definition) is 1. The average molecular weight is 258 g/mol. The van der Waals surface area contributed by atoms with Crippen LogP contribution in [0.25, 0.3) is 11.2 Å². The number of alkyl halides is 3. The summed E-state index contributed by atoms with van der Waals surface area (Å²) in [5.74, 6) is -0.752. The van der Waals surface area contributed by atoms with E-state index in [-0.39, 0.29) is 11.2 Å². The molecule has 0 aliphatic heterocycles. The van der Waals surface area contributed by atoms with Crippen molar-refractivity contribution in [1.29, 1.82) is 0 Å². The van der Waals surface area contributed by atoms with E-state index in [9.17, 15) is 18.0 Å². The molecule has 0 bridgehead atoms. The fourth-order valence-corrected chi connectivity index (χ4v) is 1.77. The van der Waals surface area contributed by atoms with E-state index in [1.165, 1.54) is 10.9 Å². The van der Waals surface area contributed by atoms with Gasteiger partial charge in [-0.05, 0) is 18.8 Å². The first-order valence-electron chi connectivity index (χ1n) is 5.47. The van der Waals surface area contributed by atoms with Crippen LogP contribution in [-0.4, -0.2) is 19.5 Å². The van der Waals surface area contributed by atoms with E-state index >= 15 is 0 Å². The van der Waals surface area contributed by atoms with Gasteiger partial charge in [-0.15, -0.1) is 0 Å². The van der Waals surface area contributed by atoms with Gasteiger partial charge in [-0.25, -0.2) is 9.97 Å². The van der Waals surface area contributed by atoms with Gasteiger partial charge in [0.1, 0.15) is 6.33 Å². The number of nitrogens with zero attached hydrogens (tertiary/aromatic N) is 3. The molecule has 2 aromatic heterocycles. The Labute approximate surface area is 98.7 Å². The molecule has 0 radical (unpaired) electrons. The maximum Gasteiger partial charge on any atom is 0.449 e. The minimum absolute atomic E-state index is 0.189. The Morgan fingerprint density at radius 2 is 2.17 bits per heavy atom. The van der Waals surface area contributed by atoms with Gasteiger partial charge in [-0.1, -0.05) is 0 Å². The summed E-state index contributed by atoms with van der Waals surface area (Å²) in [5, 5.41) is 0. The molecular formula is C10H9F3N4O. The minimum atomic E-state index is -4.60. The molecule has 18 heavy (non-hydrogen) atoms. The molecule has 2 aromatic rings. The highest BCUT2D eigenvalue weighted by atomic mass is 19.4. The minimum Gasteiger partial charge on any atom is -0.328 e. The van der Waals surface area contributed by atoms with Crippen LogP contribution in [-0.2, 0) is 12.7 Å². The van der Waals surface area contributed by atoms with Crippen molar-refractivity contribution in [3.05, 3.63) is 22.5 Å². The SMILES string of the molecule is O=c1c2[nH]c(C(F)(F)F)nc2ncn1CC1CC1. The molecule has 96 valence electrons. The monoisotopic (exact) mass is 258 g/mol. The molecular weight excluding hydrogens is 249 g/mol. The van der Waals surface area contributed by atoms with E-state index in [0.717, 1.165) is 12.8 Å². The van der Waals surface area contributed by atoms with Crippen LogP contribution in [0.15, 0.2) is 11.1 Å². The zero-order valence-corrected chi connectivity index (χ0v) is 9.16. The van der Waals surface area contributed by atoms with Crippen LogP contribution in [0.5, 0.6) is 0 Å². The Morgan fingerprint density at radius 3 is 2.78 bits per heavy atom. The second-order valence-electron chi connectivity index (χ2n) is 4.43. The van der Waals surface area contributed by atoms with Crippen LogP contribution >= 0.6 is 0 Å². The van der Waals surface area contributed by atoms with Crippen molar-refractivity contribution in [2.75, 3.05) is 0 Å². The lowest BCUT2D eigenvalue weighted by molar-refractivity contribution is -0.144. The van der Waals surface area contributed by atoms with Crippen LogP contribution in [0.1, 0.15) is 18.7 Å². The molecule has 1 fully saturated rings. The standard InChI is InChI=1S/C10H9F3N4O/c11-10(12,13)9-15-6-7(16-9)14-4-17(8(6)18)3-5-1-2-5/h4-5H,1-3H2,(H,15,16). The molecule has 3 rings (SSSR count). The summed E-state index contributed by atoms with van der Waals surface area (Å²) in [7, 11) is 0. The zero-order chi connectivity index (χ0) is 12.9. The molecule has 0 saturated heterocycles. The first-order valence-corrected chi connectivity index (χ1v) is 5.47. The van der Waals surface area contributed by atoms with Crippen molar-refractivity contribution in [3.8, 4) is 0 Å². The number of aromatic amines is 1. The second-order valence-corrected chi connectivity index (χ2v) is 4.43. The van der Waals surface area contributed by atoms with Crippen molar-refractivity contribution in [1.82, 2.24) is 19.5 Å². The molecule has 8 heteroatoms. The van der Waals surface area contributed by atoms with E-state index in [2.05, 4.69) is 9.97 Å². The van der Waals surface area contributed by atoms with Crippen LogP contribution in [0.3, 0.4) is 0 Å². The number of aromatic nitrogens is 4. The lowest BCUT2D eigenvalue weighted by Gasteiger charge is -2.01. The summed E-state index contributed by atoms with van der Waals surface area (Å²) in [6.07, 6.45) is -1.26. The van der Waals surface area contributed by atoms with Crippen LogP contribution in [0.4, 0.5) is 13.2 Å². The van der Waals surface area contributed by atoms with Gasteiger partial charge in [0.25, 0.3) is 5.56 Å². The highest BCUT2D eigenvalue weighted by Crippen LogP contribution is 2.30. The number of imidazole rings is 1. The summed E-state index contributed by atoms with van der Waals surface area (Å²) in [5.41, 5.74) is -0.889. The molecule has 0 aromatic carbocycles. The van der Waals surface area contributed by atoms with E-state index in [4.69, 9.17) is 0 Å². The van der Waals surface area contributed by atoms with Crippen molar-refractivity contribution in [3.63, 3.8) is 0 Å². The van der Waals surface area contributed by atoms with Gasteiger partial charge in [0.05, 0.1) is 0 Å². The summed E-state index contributed by atoms with van der Waals surface area (Å²) in [6.45, 7) is 0.502. The fraction of sp³-hybridized carbons (Fsp3) is 0.500. The van der Waals surface area contributed by atoms with Crippen LogP contribution in [0.2, 0.25) is 0 Å². The molecule has 0 unspecified atom stereocenters. The number of hydrogen-bond acceptors (Lipinski definition) is 3. The number of rotatable bonds is 2.